The number of non-ortho nitro benzene ring substituents is 1. The molecule has 7 nitrogen and oxygen atoms in total. The molecule has 1 aliphatic rings. The zero-order valence-electron chi connectivity index (χ0n) is 15.5. The Morgan fingerprint density at radius 2 is 1.74 bits per heavy atom. The van der Waals surface area contributed by atoms with Gasteiger partial charge in [-0.15, -0.1) is 0 Å². The van der Waals surface area contributed by atoms with Crippen LogP contribution in [-0.2, 0) is 16.6 Å². The molecule has 0 saturated carbocycles. The maximum Gasteiger partial charge on any atom is 0.270 e. The summed E-state index contributed by atoms with van der Waals surface area (Å²) in [6.07, 6.45) is 0. The second-order valence-electron chi connectivity index (χ2n) is 6.96. The first-order valence-corrected chi connectivity index (χ1v) is 10.4. The molecule has 3 rings (SSSR count). The third-order valence-electron chi connectivity index (χ3n) is 5.13. The highest BCUT2D eigenvalue weighted by Crippen LogP contribution is 2.24. The lowest BCUT2D eigenvalue weighted by Gasteiger charge is -2.32. The van der Waals surface area contributed by atoms with E-state index >= 15 is 0 Å². The van der Waals surface area contributed by atoms with Crippen molar-refractivity contribution < 1.29 is 18.2 Å². The van der Waals surface area contributed by atoms with Gasteiger partial charge in [0.25, 0.3) is 5.69 Å². The molecule has 0 radical (unpaired) electrons. The Hall–Kier alpha value is -2.29. The van der Waals surface area contributed by atoms with Crippen molar-refractivity contribution in [1.82, 2.24) is 4.31 Å². The van der Waals surface area contributed by atoms with Gasteiger partial charge in [0, 0.05) is 17.7 Å². The zero-order valence-corrected chi connectivity index (χ0v) is 16.3. The van der Waals surface area contributed by atoms with Gasteiger partial charge in [-0.25, -0.2) is 8.42 Å². The molecule has 144 valence electrons. The molecule has 1 fully saturated rings. The Kier molecular flexibility index (Phi) is 5.59. The maximum absolute atomic E-state index is 13.0. The summed E-state index contributed by atoms with van der Waals surface area (Å²) in [4.78, 5) is 11.8. The highest BCUT2D eigenvalue weighted by Gasteiger charge is 2.32. The van der Waals surface area contributed by atoms with E-state index in [0.717, 1.165) is 12.6 Å². The molecule has 2 aromatic carbocycles. The molecule has 2 aromatic rings. The van der Waals surface area contributed by atoms with E-state index in [9.17, 15) is 18.5 Å². The van der Waals surface area contributed by atoms with Gasteiger partial charge in [-0.05, 0) is 25.0 Å². The fourth-order valence-corrected chi connectivity index (χ4v) is 5.10. The van der Waals surface area contributed by atoms with Crippen LogP contribution in [-0.4, -0.2) is 43.8 Å². The summed E-state index contributed by atoms with van der Waals surface area (Å²) < 4.78 is 27.4. The third kappa shape index (κ3) is 4.18. The van der Waals surface area contributed by atoms with Crippen LogP contribution in [0.4, 0.5) is 5.69 Å². The van der Waals surface area contributed by atoms with Crippen molar-refractivity contribution in [2.45, 2.75) is 25.3 Å². The zero-order chi connectivity index (χ0) is 19.6. The Balaban J connectivity index is 1.73. The molecule has 0 aliphatic carbocycles. The van der Waals surface area contributed by atoms with Gasteiger partial charge in [0.2, 0.25) is 10.0 Å². The predicted molar refractivity (Wildman–Crippen MR) is 102 cm³/mol. The molecule has 1 saturated heterocycles. The van der Waals surface area contributed by atoms with E-state index in [4.69, 9.17) is 0 Å². The summed E-state index contributed by atoms with van der Waals surface area (Å²) >= 11 is 0. The number of hydrogen-bond donors (Lipinski definition) is 1. The summed E-state index contributed by atoms with van der Waals surface area (Å²) in [7, 11) is -3.74. The number of piperazine rings is 1. The fourth-order valence-electron chi connectivity index (χ4n) is 3.42. The van der Waals surface area contributed by atoms with Gasteiger partial charge in [0.15, 0.2) is 0 Å². The smallest absolute Gasteiger partial charge is 0.270 e. The molecular weight excluding hydrogens is 366 g/mol. The van der Waals surface area contributed by atoms with Crippen LogP contribution in [0.2, 0.25) is 0 Å². The Labute approximate surface area is 159 Å². The van der Waals surface area contributed by atoms with E-state index in [1.54, 1.807) is 6.92 Å². The van der Waals surface area contributed by atoms with Crippen LogP contribution in [0.5, 0.6) is 0 Å². The van der Waals surface area contributed by atoms with Crippen molar-refractivity contribution >= 4 is 15.7 Å². The standard InChI is InChI=1S/C19H23N3O4S/c1-15-5-3-4-6-17(15)14-20-9-11-21(12-10-20)27(25,26)19-13-18(22(23)24)8-7-16(19)2/h3-8,13H,9-12,14H2,1-2H3/p+1. The largest absolute Gasteiger partial charge is 0.329 e. The van der Waals surface area contributed by atoms with E-state index in [-0.39, 0.29) is 10.6 Å². The molecule has 0 atom stereocenters. The number of nitrogens with zero attached hydrogens (tertiary/aromatic N) is 2. The predicted octanol–water partition coefficient (Wildman–Crippen LogP) is 1.30. The van der Waals surface area contributed by atoms with E-state index in [1.165, 1.54) is 32.5 Å². The summed E-state index contributed by atoms with van der Waals surface area (Å²) in [5.74, 6) is 0. The van der Waals surface area contributed by atoms with E-state index in [2.05, 4.69) is 19.1 Å². The molecule has 0 aromatic heterocycles. The van der Waals surface area contributed by atoms with Gasteiger partial charge >= 0.3 is 0 Å². The van der Waals surface area contributed by atoms with Gasteiger partial charge < -0.3 is 4.90 Å². The number of benzene rings is 2. The van der Waals surface area contributed by atoms with E-state index in [0.29, 0.717) is 31.7 Å². The third-order valence-corrected chi connectivity index (χ3v) is 7.17. The number of sulfonamides is 1. The van der Waals surface area contributed by atoms with Crippen molar-refractivity contribution in [2.24, 2.45) is 0 Å². The quantitative estimate of drug-likeness (QED) is 0.616. The van der Waals surface area contributed by atoms with Gasteiger partial charge in [-0.3, -0.25) is 10.1 Å². The fraction of sp³-hybridized carbons (Fsp3) is 0.368. The van der Waals surface area contributed by atoms with Gasteiger partial charge in [0.05, 0.1) is 36.0 Å². The molecule has 1 N–H and O–H groups in total. The lowest BCUT2D eigenvalue weighted by molar-refractivity contribution is -0.917. The van der Waals surface area contributed by atoms with Crippen LogP contribution in [0, 0.1) is 24.0 Å². The minimum Gasteiger partial charge on any atom is -0.329 e. The number of nitro groups is 1. The average molecular weight is 390 g/mol. The minimum atomic E-state index is -3.74. The SMILES string of the molecule is Cc1ccccc1C[NH+]1CCN(S(=O)(=O)c2cc([N+](=O)[O-])ccc2C)CC1. The molecule has 8 heteroatoms. The summed E-state index contributed by atoms with van der Waals surface area (Å²) in [5, 5.41) is 11.0. The van der Waals surface area contributed by atoms with Crippen molar-refractivity contribution in [3.05, 3.63) is 69.3 Å². The van der Waals surface area contributed by atoms with Crippen LogP contribution >= 0.6 is 0 Å². The molecule has 1 heterocycles. The minimum absolute atomic E-state index is 0.0269. The highest BCUT2D eigenvalue weighted by molar-refractivity contribution is 7.89. The van der Waals surface area contributed by atoms with Crippen LogP contribution < -0.4 is 4.90 Å². The second-order valence-corrected chi connectivity index (χ2v) is 8.87. The summed E-state index contributed by atoms with van der Waals surface area (Å²) in [6.45, 7) is 6.85. The topological polar surface area (TPSA) is 85.0 Å². The van der Waals surface area contributed by atoms with Gasteiger partial charge in [-0.2, -0.15) is 4.31 Å². The molecule has 0 amide bonds. The van der Waals surface area contributed by atoms with Crippen molar-refractivity contribution in [2.75, 3.05) is 26.2 Å². The molecule has 27 heavy (non-hydrogen) atoms. The Morgan fingerprint density at radius 3 is 2.37 bits per heavy atom. The van der Waals surface area contributed by atoms with Crippen LogP contribution in [0.15, 0.2) is 47.4 Å². The van der Waals surface area contributed by atoms with Crippen LogP contribution in [0.25, 0.3) is 0 Å². The molecular formula is C19H24N3O4S+. The number of hydrogen-bond acceptors (Lipinski definition) is 4. The number of nitrogens with one attached hydrogen (secondary N) is 1. The Bertz CT molecular complexity index is 951. The maximum atomic E-state index is 13.0. The lowest BCUT2D eigenvalue weighted by atomic mass is 10.1. The van der Waals surface area contributed by atoms with Crippen LogP contribution in [0.3, 0.4) is 0 Å². The Morgan fingerprint density at radius 1 is 1.07 bits per heavy atom. The normalized spacial score (nSPS) is 16.4. The second kappa shape index (κ2) is 7.75. The van der Waals surface area contributed by atoms with Gasteiger partial charge in [-0.1, -0.05) is 30.3 Å². The van der Waals surface area contributed by atoms with Gasteiger partial charge in [0.1, 0.15) is 6.54 Å². The van der Waals surface area contributed by atoms with Crippen molar-refractivity contribution in [3.63, 3.8) is 0 Å². The number of nitro benzene ring substituents is 1. The average Bonchev–Trinajstić information content (AvgIpc) is 2.64. The monoisotopic (exact) mass is 390 g/mol. The highest BCUT2D eigenvalue weighted by atomic mass is 32.2. The summed E-state index contributed by atoms with van der Waals surface area (Å²) in [5.41, 5.74) is 2.84. The molecule has 1 aliphatic heterocycles. The molecule has 0 spiro atoms. The van der Waals surface area contributed by atoms with E-state index in [1.807, 2.05) is 12.1 Å². The number of aryl methyl sites for hydroxylation is 2. The van der Waals surface area contributed by atoms with Crippen molar-refractivity contribution in [3.8, 4) is 0 Å². The summed E-state index contributed by atoms with van der Waals surface area (Å²) in [6, 6.07) is 12.2. The number of quaternary nitrogens is 1. The van der Waals surface area contributed by atoms with E-state index < -0.39 is 14.9 Å². The lowest BCUT2D eigenvalue weighted by Crippen LogP contribution is -3.13. The molecule has 0 bridgehead atoms. The van der Waals surface area contributed by atoms with Crippen molar-refractivity contribution in [1.29, 1.82) is 0 Å². The van der Waals surface area contributed by atoms with Crippen LogP contribution in [0.1, 0.15) is 16.7 Å². The first-order chi connectivity index (χ1) is 12.8. The first kappa shape index (κ1) is 19.5. The number of rotatable bonds is 5. The molecule has 0 unspecified atom stereocenters. The first-order valence-electron chi connectivity index (χ1n) is 8.92.